The Balaban J connectivity index is 0.00000627. The van der Waals surface area contributed by atoms with Crippen molar-refractivity contribution in [3.8, 4) is 0 Å². The number of halogens is 3. The maximum atomic E-state index is 13.9. The topological polar surface area (TPSA) is 138 Å². The number of aliphatic imine (C=N–C) groups is 4. The van der Waals surface area contributed by atoms with Crippen molar-refractivity contribution in [2.75, 3.05) is 14.1 Å². The molecule has 2 aromatic rings. The zero-order valence-electron chi connectivity index (χ0n) is 32.3. The molecular weight excluding hydrogens is 735 g/mol. The minimum Gasteiger partial charge on any atom is -0.358 e. The first-order valence-corrected chi connectivity index (χ1v) is 18.6. The van der Waals surface area contributed by atoms with Crippen LogP contribution in [-0.4, -0.2) is 59.3 Å². The van der Waals surface area contributed by atoms with Crippen molar-refractivity contribution in [1.29, 1.82) is 0 Å². The molecule has 0 saturated carbocycles. The molecule has 5 rings (SSSR count). The summed E-state index contributed by atoms with van der Waals surface area (Å²) in [5, 5.41) is 4.68. The molecule has 0 saturated heterocycles. The molecule has 3 aliphatic rings. The van der Waals surface area contributed by atoms with Crippen LogP contribution in [0, 0.1) is 0 Å². The fourth-order valence-electron chi connectivity index (χ4n) is 7.00. The molecule has 0 aliphatic carbocycles. The SMILES string of the molecule is CCCC1=C(CCC)C2=Nc3[n-]c(c(CCC)c3CCC)N=c3[nH]c(c(CCC)c3CCC)=NC3=C(N(C)C(=O)C(F)(F)F)C(=NC)C(=NC1=N2)[N-]3.[Zn+2]. The number of hydrogen-bond acceptors (Lipinski definition) is 7. The first kappa shape index (κ1) is 41.8. The molecule has 53 heavy (non-hydrogen) atoms. The van der Waals surface area contributed by atoms with Crippen molar-refractivity contribution in [3.05, 3.63) is 61.2 Å². The molecule has 0 atom stereocenters. The third-order valence-corrected chi connectivity index (χ3v) is 9.23. The van der Waals surface area contributed by atoms with Gasteiger partial charge in [-0.25, -0.2) is 4.99 Å². The Morgan fingerprint density at radius 1 is 0.698 bits per heavy atom. The van der Waals surface area contributed by atoms with Gasteiger partial charge in [0.05, 0.1) is 34.1 Å². The van der Waals surface area contributed by atoms with E-state index in [0.717, 1.165) is 91.8 Å². The van der Waals surface area contributed by atoms with Crippen LogP contribution in [-0.2, 0) is 50.0 Å². The summed E-state index contributed by atoms with van der Waals surface area (Å²) >= 11 is 0. The van der Waals surface area contributed by atoms with Crippen molar-refractivity contribution in [3.63, 3.8) is 0 Å². The minimum atomic E-state index is -5.15. The maximum Gasteiger partial charge on any atom is 2.00 e. The average Bonchev–Trinajstić information content (AvgIpc) is 3.80. The van der Waals surface area contributed by atoms with Gasteiger partial charge in [-0.05, 0) is 71.9 Å². The van der Waals surface area contributed by atoms with E-state index < -0.39 is 12.1 Å². The number of amides is 1. The van der Waals surface area contributed by atoms with E-state index >= 15 is 0 Å². The monoisotopic (exact) mass is 782 g/mol. The van der Waals surface area contributed by atoms with Gasteiger partial charge in [-0.3, -0.25) is 9.79 Å². The van der Waals surface area contributed by atoms with Crippen LogP contribution < -0.4 is 16.0 Å². The zero-order chi connectivity index (χ0) is 37.7. The van der Waals surface area contributed by atoms with E-state index in [-0.39, 0.29) is 42.5 Å². The van der Waals surface area contributed by atoms with Crippen molar-refractivity contribution < 1.29 is 37.4 Å². The number of rotatable bonds is 13. The maximum absolute atomic E-state index is 13.9. The molecule has 0 fully saturated rings. The first-order chi connectivity index (χ1) is 24.9. The van der Waals surface area contributed by atoms with Gasteiger partial charge >= 0.3 is 31.6 Å². The van der Waals surface area contributed by atoms with Crippen LogP contribution in [0.1, 0.15) is 115 Å². The van der Waals surface area contributed by atoms with Crippen molar-refractivity contribution in [2.45, 2.75) is 125 Å². The standard InChI is InChI=1S/C38H49F3N10O.Zn/c1-9-15-21-22(16-10-2)30-43-29(21)44-31-23(17-11-3)25(19-13-5)33(46-31)48-35-27(42-7)28(51(8)37(52)38(39,40)41)36(50-35)49-34-26(20-14-6)24(18-12-4)32(45-30)47-34;/h9-20H2,1-8H3,(H-2,42,43,44,45,46,47,48,49,50);/q-2;+2. The van der Waals surface area contributed by atoms with Crippen LogP contribution >= 0.6 is 0 Å². The van der Waals surface area contributed by atoms with Gasteiger partial charge in [0.15, 0.2) is 0 Å². The second-order valence-electron chi connectivity index (χ2n) is 13.2. The number of amidine groups is 3. The van der Waals surface area contributed by atoms with Crippen LogP contribution in [0.4, 0.5) is 24.8 Å². The van der Waals surface area contributed by atoms with E-state index in [9.17, 15) is 18.0 Å². The number of nitrogens with zero attached hydrogens (tertiary/aromatic N) is 9. The number of H-pyrrole nitrogens is 1. The first-order valence-electron chi connectivity index (χ1n) is 18.6. The largest absolute Gasteiger partial charge is 2.00 e. The van der Waals surface area contributed by atoms with Crippen LogP contribution in [0.2, 0.25) is 0 Å². The van der Waals surface area contributed by atoms with Crippen molar-refractivity contribution in [1.82, 2.24) is 14.9 Å². The predicted molar refractivity (Wildman–Crippen MR) is 200 cm³/mol. The predicted octanol–water partition coefficient (Wildman–Crippen LogP) is 7.75. The van der Waals surface area contributed by atoms with Gasteiger partial charge < -0.3 is 40.2 Å². The number of hydrogen-bond donors (Lipinski definition) is 1. The van der Waals surface area contributed by atoms with Crippen LogP contribution in [0.25, 0.3) is 5.32 Å². The van der Waals surface area contributed by atoms with Gasteiger partial charge in [0, 0.05) is 37.4 Å². The third kappa shape index (κ3) is 8.40. The van der Waals surface area contributed by atoms with Gasteiger partial charge in [0.25, 0.3) is 0 Å². The molecule has 11 nitrogen and oxygen atoms in total. The Morgan fingerprint density at radius 2 is 1.17 bits per heavy atom. The number of nitrogens with one attached hydrogen (secondary N) is 1. The molecule has 3 aliphatic heterocycles. The number of carbonyl (C=O) groups excluding carboxylic acids is 1. The number of carbonyl (C=O) groups is 1. The van der Waals surface area contributed by atoms with Gasteiger partial charge in [-0.2, -0.15) is 13.2 Å². The number of alkyl halides is 3. The second kappa shape index (κ2) is 17.9. The summed E-state index contributed by atoms with van der Waals surface area (Å²) in [6, 6.07) is 0. The van der Waals surface area contributed by atoms with E-state index in [1.807, 2.05) is 0 Å². The summed E-state index contributed by atoms with van der Waals surface area (Å²) in [5.74, 6) is -0.123. The molecule has 1 amide bonds. The Morgan fingerprint density at radius 3 is 1.66 bits per heavy atom. The van der Waals surface area contributed by atoms with E-state index in [4.69, 9.17) is 29.9 Å². The van der Waals surface area contributed by atoms with Gasteiger partial charge in [0.1, 0.15) is 0 Å². The van der Waals surface area contributed by atoms with Crippen LogP contribution in [0.15, 0.2) is 52.6 Å². The van der Waals surface area contributed by atoms with Gasteiger partial charge in [0.2, 0.25) is 0 Å². The van der Waals surface area contributed by atoms with Gasteiger partial charge in [-0.1, -0.05) is 80.1 Å². The Hall–Kier alpha value is -4.00. The summed E-state index contributed by atoms with van der Waals surface area (Å²) in [6.45, 7) is 12.6. The summed E-state index contributed by atoms with van der Waals surface area (Å²) in [4.78, 5) is 51.1. The molecular formula is C38H49F3N10OZn. The van der Waals surface area contributed by atoms with E-state index in [1.165, 1.54) is 7.05 Å². The second-order valence-corrected chi connectivity index (χ2v) is 13.2. The summed E-state index contributed by atoms with van der Waals surface area (Å²) in [7, 11) is 2.49. The fraction of sp³-hybridized carbons (Fsp3) is 0.553. The number of fused-ring (bicyclic) bond motifs is 7. The van der Waals surface area contributed by atoms with E-state index in [2.05, 4.69) is 56.8 Å². The van der Waals surface area contributed by atoms with Crippen molar-refractivity contribution >= 4 is 40.8 Å². The summed E-state index contributed by atoms with van der Waals surface area (Å²) in [6.07, 6.45) is 4.09. The molecule has 280 valence electrons. The fourth-order valence-corrected chi connectivity index (χ4v) is 7.00. The third-order valence-electron chi connectivity index (χ3n) is 9.23. The number of aromatic amines is 1. The quantitative estimate of drug-likeness (QED) is 0.208. The van der Waals surface area contributed by atoms with Crippen LogP contribution in [0.3, 0.4) is 0 Å². The summed E-state index contributed by atoms with van der Waals surface area (Å²) < 4.78 is 41.7. The molecule has 0 radical (unpaired) electrons. The zero-order valence-corrected chi connectivity index (χ0v) is 35.2. The molecule has 0 unspecified atom stereocenters. The normalized spacial score (nSPS) is 16.2. The minimum absolute atomic E-state index is 0. The smallest absolute Gasteiger partial charge is 0.358 e. The van der Waals surface area contributed by atoms with Crippen molar-refractivity contribution in [2.24, 2.45) is 30.0 Å². The number of aromatic nitrogens is 2. The van der Waals surface area contributed by atoms with Gasteiger partial charge in [-0.15, -0.1) is 0 Å². The average molecular weight is 784 g/mol. The molecule has 1 N–H and O–H groups in total. The molecule has 15 heteroatoms. The molecule has 8 bridgehead atoms. The van der Waals surface area contributed by atoms with Crippen LogP contribution in [0.5, 0.6) is 0 Å². The molecule has 0 aromatic carbocycles. The Labute approximate surface area is 322 Å². The summed E-state index contributed by atoms with van der Waals surface area (Å²) in [5.41, 5.74) is 6.60. The van der Waals surface area contributed by atoms with E-state index in [1.54, 1.807) is 0 Å². The molecule has 5 heterocycles. The van der Waals surface area contributed by atoms with E-state index in [0.29, 0.717) is 64.9 Å². The Kier molecular flexibility index (Phi) is 14.1. The molecule has 0 spiro atoms. The Bertz CT molecular complexity index is 2030. The molecule has 2 aromatic heterocycles.